The van der Waals surface area contributed by atoms with Gasteiger partial charge in [-0.15, -0.1) is 0 Å². The molecule has 1 heterocycles. The van der Waals surface area contributed by atoms with Gasteiger partial charge in [0.1, 0.15) is 0 Å². The van der Waals surface area contributed by atoms with Crippen molar-refractivity contribution in [2.24, 2.45) is 0 Å². The molecule has 4 heteroatoms. The molecule has 3 aromatic carbocycles. The lowest BCUT2D eigenvalue weighted by Gasteiger charge is -2.17. The molecule has 1 N–H and O–H groups in total. The maximum atomic E-state index is 13.1. The summed E-state index contributed by atoms with van der Waals surface area (Å²) >= 11 is 0. The van der Waals surface area contributed by atoms with E-state index >= 15 is 0 Å². The monoisotopic (exact) mass is 401 g/mol. The van der Waals surface area contributed by atoms with Crippen LogP contribution in [0.2, 0.25) is 0 Å². The van der Waals surface area contributed by atoms with Crippen LogP contribution in [0.15, 0.2) is 66.7 Å². The molecule has 0 bridgehead atoms. The van der Waals surface area contributed by atoms with E-state index in [4.69, 9.17) is 9.47 Å². The molecule has 0 aromatic heterocycles. The van der Waals surface area contributed by atoms with Gasteiger partial charge < -0.3 is 14.8 Å². The second kappa shape index (κ2) is 7.21. The molecular formula is C26H27NO3. The zero-order chi connectivity index (χ0) is 20.7. The van der Waals surface area contributed by atoms with E-state index < -0.39 is 5.41 Å². The topological polar surface area (TPSA) is 47.6 Å². The first-order valence-electron chi connectivity index (χ1n) is 10.5. The molecule has 0 atom stereocenters. The largest absolute Gasteiger partial charge is 0.454 e. The molecule has 4 nitrogen and oxygen atoms in total. The number of hydrogen-bond acceptors (Lipinski definition) is 3. The molecule has 1 aliphatic carbocycles. The highest BCUT2D eigenvalue weighted by Gasteiger charge is 2.51. The molecule has 0 saturated heterocycles. The number of benzene rings is 3. The molecule has 2 aliphatic rings. The Labute approximate surface area is 178 Å². The summed E-state index contributed by atoms with van der Waals surface area (Å²) in [6.07, 6.45) is 1.69. The van der Waals surface area contributed by atoms with Crippen molar-refractivity contribution in [1.82, 2.24) is 0 Å². The van der Waals surface area contributed by atoms with Gasteiger partial charge in [0.2, 0.25) is 12.7 Å². The van der Waals surface area contributed by atoms with Gasteiger partial charge in [0.05, 0.1) is 5.41 Å². The predicted molar refractivity (Wildman–Crippen MR) is 120 cm³/mol. The smallest absolute Gasteiger partial charge is 0.235 e. The Morgan fingerprint density at radius 3 is 2.43 bits per heavy atom. The average molecular weight is 402 g/mol. The Bertz CT molecular complexity index is 1100. The summed E-state index contributed by atoms with van der Waals surface area (Å²) in [4.78, 5) is 13.1. The number of ether oxygens (including phenoxy) is 2. The van der Waals surface area contributed by atoms with Gasteiger partial charge in [0.25, 0.3) is 0 Å². The summed E-state index contributed by atoms with van der Waals surface area (Å²) in [5.41, 5.74) is 5.07. The minimum Gasteiger partial charge on any atom is -0.454 e. The first kappa shape index (κ1) is 18.7. The molecule has 30 heavy (non-hydrogen) atoms. The molecule has 5 rings (SSSR count). The summed E-state index contributed by atoms with van der Waals surface area (Å²) in [6.45, 7) is 4.65. The van der Waals surface area contributed by atoms with Gasteiger partial charge in [0.15, 0.2) is 11.5 Å². The van der Waals surface area contributed by atoms with Crippen LogP contribution in [-0.2, 0) is 10.2 Å². The SMILES string of the molecule is CC(C)c1ccccc1-c1ccc(NC(=O)C2(c3ccc4c(c3)OCO4)CC2)cc1.[HH]. The number of rotatable bonds is 5. The van der Waals surface area contributed by atoms with E-state index in [0.717, 1.165) is 41.2 Å². The molecule has 1 amide bonds. The standard InChI is InChI=1S/C26H25NO3.H2/c1-17(2)21-5-3-4-6-22(21)18-7-10-20(11-8-18)27-25(28)26(13-14-26)19-9-12-23-24(15-19)30-16-29-23;/h3-12,15,17H,13-14,16H2,1-2H3,(H,27,28);1H. The van der Waals surface area contributed by atoms with Crippen molar-refractivity contribution in [3.05, 3.63) is 77.9 Å². The van der Waals surface area contributed by atoms with Crippen LogP contribution >= 0.6 is 0 Å². The third kappa shape index (κ3) is 3.22. The van der Waals surface area contributed by atoms with Gasteiger partial charge in [-0.3, -0.25) is 4.79 Å². The minimum atomic E-state index is -0.468. The number of fused-ring (bicyclic) bond motifs is 1. The van der Waals surface area contributed by atoms with Gasteiger partial charge in [-0.2, -0.15) is 0 Å². The Morgan fingerprint density at radius 2 is 1.70 bits per heavy atom. The normalized spacial score (nSPS) is 15.8. The number of hydrogen-bond donors (Lipinski definition) is 1. The highest BCUT2D eigenvalue weighted by atomic mass is 16.7. The van der Waals surface area contributed by atoms with Crippen LogP contribution in [0, 0.1) is 0 Å². The van der Waals surface area contributed by atoms with Crippen molar-refractivity contribution in [3.63, 3.8) is 0 Å². The number of nitrogens with one attached hydrogen (secondary N) is 1. The second-order valence-corrected chi connectivity index (χ2v) is 8.42. The van der Waals surface area contributed by atoms with Crippen LogP contribution in [-0.4, -0.2) is 12.7 Å². The van der Waals surface area contributed by atoms with Crippen molar-refractivity contribution < 1.29 is 15.7 Å². The van der Waals surface area contributed by atoms with Crippen LogP contribution < -0.4 is 14.8 Å². The fourth-order valence-electron chi connectivity index (χ4n) is 4.21. The third-order valence-electron chi connectivity index (χ3n) is 6.15. The van der Waals surface area contributed by atoms with Crippen LogP contribution in [0.25, 0.3) is 11.1 Å². The van der Waals surface area contributed by atoms with Crippen molar-refractivity contribution in [1.29, 1.82) is 0 Å². The van der Waals surface area contributed by atoms with Gasteiger partial charge >= 0.3 is 0 Å². The number of carbonyl (C=O) groups is 1. The molecular weight excluding hydrogens is 374 g/mol. The van der Waals surface area contributed by atoms with Crippen LogP contribution in [0.1, 0.15) is 45.2 Å². The van der Waals surface area contributed by atoms with Gasteiger partial charge in [-0.25, -0.2) is 0 Å². The van der Waals surface area contributed by atoms with E-state index in [1.54, 1.807) is 0 Å². The number of carbonyl (C=O) groups excluding carboxylic acids is 1. The molecule has 0 radical (unpaired) electrons. The maximum Gasteiger partial charge on any atom is 0.235 e. The lowest BCUT2D eigenvalue weighted by atomic mass is 9.92. The Morgan fingerprint density at radius 1 is 0.967 bits per heavy atom. The number of anilines is 1. The highest BCUT2D eigenvalue weighted by Crippen LogP contribution is 2.51. The van der Waals surface area contributed by atoms with E-state index in [9.17, 15) is 4.79 Å². The van der Waals surface area contributed by atoms with Crippen molar-refractivity contribution in [3.8, 4) is 22.6 Å². The summed E-state index contributed by atoms with van der Waals surface area (Å²) < 4.78 is 10.9. The highest BCUT2D eigenvalue weighted by molar-refractivity contribution is 6.01. The number of amides is 1. The summed E-state index contributed by atoms with van der Waals surface area (Å²) in [6, 6.07) is 22.4. The summed E-state index contributed by atoms with van der Waals surface area (Å²) in [7, 11) is 0. The van der Waals surface area contributed by atoms with Crippen molar-refractivity contribution in [2.75, 3.05) is 12.1 Å². The zero-order valence-electron chi connectivity index (χ0n) is 17.3. The Hall–Kier alpha value is -3.27. The average Bonchev–Trinajstić information content (AvgIpc) is 3.45. The van der Waals surface area contributed by atoms with E-state index in [1.807, 2.05) is 30.3 Å². The van der Waals surface area contributed by atoms with E-state index in [1.165, 1.54) is 11.1 Å². The summed E-state index contributed by atoms with van der Waals surface area (Å²) in [5.74, 6) is 1.96. The zero-order valence-corrected chi connectivity index (χ0v) is 17.3. The van der Waals surface area contributed by atoms with Crippen LogP contribution in [0.4, 0.5) is 5.69 Å². The Kier molecular flexibility index (Phi) is 4.50. The van der Waals surface area contributed by atoms with Crippen LogP contribution in [0.3, 0.4) is 0 Å². The van der Waals surface area contributed by atoms with E-state index in [-0.39, 0.29) is 14.1 Å². The molecule has 1 aliphatic heterocycles. The molecule has 154 valence electrons. The molecule has 0 unspecified atom stereocenters. The van der Waals surface area contributed by atoms with Gasteiger partial charge in [0, 0.05) is 7.11 Å². The first-order chi connectivity index (χ1) is 14.6. The fraction of sp³-hybridized carbons (Fsp3) is 0.269. The van der Waals surface area contributed by atoms with Crippen molar-refractivity contribution in [2.45, 2.75) is 38.0 Å². The first-order valence-corrected chi connectivity index (χ1v) is 10.5. The lowest BCUT2D eigenvalue weighted by Crippen LogP contribution is -2.27. The Balaban J connectivity index is 0.00000231. The third-order valence-corrected chi connectivity index (χ3v) is 6.15. The van der Waals surface area contributed by atoms with Crippen molar-refractivity contribution >= 4 is 11.6 Å². The quantitative estimate of drug-likeness (QED) is 0.560. The maximum absolute atomic E-state index is 13.1. The van der Waals surface area contributed by atoms with E-state index in [0.29, 0.717) is 5.92 Å². The molecule has 0 spiro atoms. The van der Waals surface area contributed by atoms with Gasteiger partial charge in [-0.05, 0) is 65.3 Å². The van der Waals surface area contributed by atoms with E-state index in [2.05, 4.69) is 55.6 Å². The molecule has 1 saturated carbocycles. The van der Waals surface area contributed by atoms with Gasteiger partial charge in [-0.1, -0.05) is 56.3 Å². The fourth-order valence-corrected chi connectivity index (χ4v) is 4.21. The lowest BCUT2D eigenvalue weighted by molar-refractivity contribution is -0.118. The van der Waals surface area contributed by atoms with Crippen LogP contribution in [0.5, 0.6) is 11.5 Å². The molecule has 3 aromatic rings. The molecule has 1 fully saturated rings. The predicted octanol–water partition coefficient (Wildman–Crippen LogP) is 6.12. The summed E-state index contributed by atoms with van der Waals surface area (Å²) in [5, 5.41) is 3.12. The minimum absolute atomic E-state index is 0. The second-order valence-electron chi connectivity index (χ2n) is 8.42.